The number of aromatic nitrogens is 4. The van der Waals surface area contributed by atoms with Crippen molar-refractivity contribution in [1.29, 1.82) is 0 Å². The molecule has 27 heavy (non-hydrogen) atoms. The van der Waals surface area contributed by atoms with Gasteiger partial charge in [-0.15, -0.1) is 15.3 Å². The first-order chi connectivity index (χ1) is 12.9. The second kappa shape index (κ2) is 6.97. The second-order valence-corrected chi connectivity index (χ2v) is 7.25. The lowest BCUT2D eigenvalue weighted by atomic mass is 9.92. The van der Waals surface area contributed by atoms with Crippen LogP contribution >= 0.6 is 0 Å². The number of halogens is 3. The fourth-order valence-electron chi connectivity index (χ4n) is 3.95. The van der Waals surface area contributed by atoms with Gasteiger partial charge in [0.05, 0.1) is 5.92 Å². The average Bonchev–Trinajstić information content (AvgIpc) is 3.15. The number of carbonyl (C=O) groups is 1. The van der Waals surface area contributed by atoms with Crippen LogP contribution in [0.4, 0.5) is 19.0 Å². The van der Waals surface area contributed by atoms with Gasteiger partial charge < -0.3 is 9.80 Å². The Morgan fingerprint density at radius 1 is 1.11 bits per heavy atom. The van der Waals surface area contributed by atoms with Gasteiger partial charge in [0.1, 0.15) is 12.1 Å². The topological polar surface area (TPSA) is 66.6 Å². The SMILES string of the molecule is O=C(C1CCN(c2ccc3nncn3n2)CC1)N1CCCC(C(F)(F)F)C1. The molecule has 1 amide bonds. The fourth-order valence-corrected chi connectivity index (χ4v) is 3.95. The van der Waals surface area contributed by atoms with Crippen LogP contribution in [0.1, 0.15) is 25.7 Å². The summed E-state index contributed by atoms with van der Waals surface area (Å²) in [6.07, 6.45) is -0.931. The zero-order valence-corrected chi connectivity index (χ0v) is 14.8. The molecule has 10 heteroatoms. The number of hydrogen-bond acceptors (Lipinski definition) is 5. The van der Waals surface area contributed by atoms with Crippen LogP contribution in [0.2, 0.25) is 0 Å². The van der Waals surface area contributed by atoms with Gasteiger partial charge in [-0.1, -0.05) is 0 Å². The number of hydrogen-bond donors (Lipinski definition) is 0. The van der Waals surface area contributed by atoms with Crippen molar-refractivity contribution in [2.45, 2.75) is 31.9 Å². The smallest absolute Gasteiger partial charge is 0.355 e. The Bertz CT molecular complexity index is 814. The normalized spacial score (nSPS) is 22.4. The fraction of sp³-hybridized carbons (Fsp3) is 0.647. The molecule has 2 fully saturated rings. The zero-order valence-electron chi connectivity index (χ0n) is 14.8. The molecular formula is C17H21F3N6O. The molecule has 2 aromatic rings. The number of rotatable bonds is 2. The van der Waals surface area contributed by atoms with Gasteiger partial charge in [0.25, 0.3) is 0 Å². The third-order valence-corrected chi connectivity index (χ3v) is 5.51. The van der Waals surface area contributed by atoms with Crippen molar-refractivity contribution in [1.82, 2.24) is 24.7 Å². The highest BCUT2D eigenvalue weighted by molar-refractivity contribution is 5.79. The van der Waals surface area contributed by atoms with E-state index < -0.39 is 12.1 Å². The number of nitrogens with zero attached hydrogens (tertiary/aromatic N) is 6. The molecule has 4 rings (SSSR count). The zero-order chi connectivity index (χ0) is 19.0. The lowest BCUT2D eigenvalue weighted by Crippen LogP contribution is -2.48. The van der Waals surface area contributed by atoms with Crippen LogP contribution in [0, 0.1) is 11.8 Å². The van der Waals surface area contributed by atoms with Gasteiger partial charge in [-0.3, -0.25) is 4.79 Å². The second-order valence-electron chi connectivity index (χ2n) is 7.25. The maximum atomic E-state index is 13.0. The maximum Gasteiger partial charge on any atom is 0.393 e. The van der Waals surface area contributed by atoms with Gasteiger partial charge in [-0.25, -0.2) is 0 Å². The summed E-state index contributed by atoms with van der Waals surface area (Å²) in [5.41, 5.74) is 0.660. The summed E-state index contributed by atoms with van der Waals surface area (Å²) >= 11 is 0. The first-order valence-corrected chi connectivity index (χ1v) is 9.19. The van der Waals surface area contributed by atoms with E-state index >= 15 is 0 Å². The van der Waals surface area contributed by atoms with Crippen LogP contribution in [0.3, 0.4) is 0 Å². The van der Waals surface area contributed by atoms with Crippen molar-refractivity contribution >= 4 is 17.4 Å². The minimum absolute atomic E-state index is 0.114. The van der Waals surface area contributed by atoms with E-state index in [9.17, 15) is 18.0 Å². The van der Waals surface area contributed by atoms with Crippen LogP contribution in [0.15, 0.2) is 18.5 Å². The van der Waals surface area contributed by atoms with Gasteiger partial charge in [0.2, 0.25) is 5.91 Å². The molecule has 0 aromatic carbocycles. The lowest BCUT2D eigenvalue weighted by Gasteiger charge is -2.38. The Morgan fingerprint density at radius 3 is 2.63 bits per heavy atom. The molecule has 0 aliphatic carbocycles. The van der Waals surface area contributed by atoms with E-state index in [1.54, 1.807) is 4.52 Å². The molecule has 1 atom stereocenters. The molecule has 0 N–H and O–H groups in total. The summed E-state index contributed by atoms with van der Waals surface area (Å²) in [4.78, 5) is 16.2. The third-order valence-electron chi connectivity index (χ3n) is 5.51. The summed E-state index contributed by atoms with van der Waals surface area (Å²) in [5, 5.41) is 12.2. The Hall–Kier alpha value is -2.39. The molecule has 0 bridgehead atoms. The van der Waals surface area contributed by atoms with Crippen LogP contribution in [0.25, 0.3) is 5.65 Å². The molecule has 146 valence electrons. The molecule has 1 unspecified atom stereocenters. The molecular weight excluding hydrogens is 361 g/mol. The molecule has 2 saturated heterocycles. The van der Waals surface area contributed by atoms with E-state index in [0.717, 1.165) is 5.82 Å². The van der Waals surface area contributed by atoms with Crippen molar-refractivity contribution in [2.24, 2.45) is 11.8 Å². The Labute approximate surface area is 154 Å². The Balaban J connectivity index is 1.36. The number of carbonyl (C=O) groups excluding carboxylic acids is 1. The molecule has 0 saturated carbocycles. The predicted octanol–water partition coefficient (Wildman–Crippen LogP) is 2.14. The summed E-state index contributed by atoms with van der Waals surface area (Å²) in [6.45, 7) is 1.52. The largest absolute Gasteiger partial charge is 0.393 e. The minimum Gasteiger partial charge on any atom is -0.355 e. The minimum atomic E-state index is -4.23. The molecule has 4 heterocycles. The predicted molar refractivity (Wildman–Crippen MR) is 91.1 cm³/mol. The van der Waals surface area contributed by atoms with Crippen molar-refractivity contribution in [3.63, 3.8) is 0 Å². The van der Waals surface area contributed by atoms with Crippen LogP contribution < -0.4 is 4.90 Å². The maximum absolute atomic E-state index is 13.0. The quantitative estimate of drug-likeness (QED) is 0.796. The number of fused-ring (bicyclic) bond motifs is 1. The van der Waals surface area contributed by atoms with Gasteiger partial charge in [0, 0.05) is 32.1 Å². The van der Waals surface area contributed by atoms with Crippen LogP contribution in [-0.4, -0.2) is 63.0 Å². The summed E-state index contributed by atoms with van der Waals surface area (Å²) in [5.74, 6) is -0.962. The Morgan fingerprint density at radius 2 is 1.89 bits per heavy atom. The van der Waals surface area contributed by atoms with Crippen molar-refractivity contribution in [3.8, 4) is 0 Å². The summed E-state index contributed by atoms with van der Waals surface area (Å²) in [7, 11) is 0. The van der Waals surface area contributed by atoms with Crippen LogP contribution in [0.5, 0.6) is 0 Å². The average molecular weight is 382 g/mol. The van der Waals surface area contributed by atoms with Gasteiger partial charge in [-0.05, 0) is 37.8 Å². The first kappa shape index (κ1) is 18.0. The number of amides is 1. The molecule has 2 aliphatic rings. The first-order valence-electron chi connectivity index (χ1n) is 9.19. The molecule has 0 spiro atoms. The highest BCUT2D eigenvalue weighted by atomic mass is 19.4. The third kappa shape index (κ3) is 3.70. The molecule has 0 radical (unpaired) electrons. The van der Waals surface area contributed by atoms with E-state index in [4.69, 9.17) is 0 Å². The van der Waals surface area contributed by atoms with E-state index in [0.29, 0.717) is 44.5 Å². The van der Waals surface area contributed by atoms with E-state index in [1.807, 2.05) is 12.1 Å². The number of alkyl halides is 3. The lowest BCUT2D eigenvalue weighted by molar-refractivity contribution is -0.188. The van der Waals surface area contributed by atoms with E-state index in [-0.39, 0.29) is 24.8 Å². The summed E-state index contributed by atoms with van der Waals surface area (Å²) in [6, 6.07) is 3.70. The number of likely N-dealkylation sites (tertiary alicyclic amines) is 1. The number of piperidine rings is 2. The van der Waals surface area contributed by atoms with Crippen molar-refractivity contribution in [2.75, 3.05) is 31.1 Å². The standard InChI is InChI=1S/C17H21F3N6O/c18-17(19,20)13-2-1-7-25(10-13)16(27)12-5-8-24(9-6-12)15-4-3-14-22-21-11-26(14)23-15/h3-4,11-13H,1-2,5-10H2. The summed E-state index contributed by atoms with van der Waals surface area (Å²) < 4.78 is 40.5. The highest BCUT2D eigenvalue weighted by Crippen LogP contribution is 2.34. The van der Waals surface area contributed by atoms with Gasteiger partial charge >= 0.3 is 6.18 Å². The molecule has 7 nitrogen and oxygen atoms in total. The van der Waals surface area contributed by atoms with Crippen LogP contribution in [-0.2, 0) is 4.79 Å². The highest BCUT2D eigenvalue weighted by Gasteiger charge is 2.43. The van der Waals surface area contributed by atoms with E-state index in [2.05, 4.69) is 20.2 Å². The number of anilines is 1. The van der Waals surface area contributed by atoms with Gasteiger partial charge in [-0.2, -0.15) is 17.7 Å². The van der Waals surface area contributed by atoms with E-state index in [1.165, 1.54) is 11.2 Å². The Kier molecular flexibility index (Phi) is 4.65. The van der Waals surface area contributed by atoms with Crippen molar-refractivity contribution < 1.29 is 18.0 Å². The molecule has 2 aromatic heterocycles. The van der Waals surface area contributed by atoms with Crippen molar-refractivity contribution in [3.05, 3.63) is 18.5 Å². The molecule has 2 aliphatic heterocycles. The monoisotopic (exact) mass is 382 g/mol. The van der Waals surface area contributed by atoms with Gasteiger partial charge in [0.15, 0.2) is 5.65 Å².